The van der Waals surface area contributed by atoms with E-state index >= 15 is 0 Å². The lowest BCUT2D eigenvalue weighted by atomic mass is 9.95. The second kappa shape index (κ2) is 2.40. The van der Waals surface area contributed by atoms with Gasteiger partial charge in [-0.15, -0.1) is 0 Å². The first-order chi connectivity index (χ1) is 6.68. The number of rotatable bonds is 0. The summed E-state index contributed by atoms with van der Waals surface area (Å²) in [5.41, 5.74) is 2.01. The van der Waals surface area contributed by atoms with Crippen LogP contribution in [-0.2, 0) is 10.2 Å². The van der Waals surface area contributed by atoms with Crippen molar-refractivity contribution in [3.05, 3.63) is 29.8 Å². The molecule has 72 valence electrons. The molecule has 3 rings (SSSR count). The van der Waals surface area contributed by atoms with Gasteiger partial charge in [0.2, 0.25) is 5.91 Å². The molecular weight excluding hydrogens is 242 g/mol. The summed E-state index contributed by atoms with van der Waals surface area (Å²) < 4.78 is 1.62. The van der Waals surface area contributed by atoms with Crippen LogP contribution in [0.25, 0.3) is 0 Å². The molecule has 2 unspecified atom stereocenters. The van der Waals surface area contributed by atoms with Crippen LogP contribution in [0.3, 0.4) is 0 Å². The molecule has 1 aromatic carbocycles. The van der Waals surface area contributed by atoms with Gasteiger partial charge >= 0.3 is 0 Å². The van der Waals surface area contributed by atoms with Crippen molar-refractivity contribution in [1.82, 2.24) is 0 Å². The largest absolute Gasteiger partial charge is 0.273 e. The molecule has 2 aliphatic rings. The second-order valence-corrected chi connectivity index (χ2v) is 4.89. The summed E-state index contributed by atoms with van der Waals surface area (Å²) in [5, 5.41) is 0. The average Bonchev–Trinajstić information content (AvgIpc) is 2.84. The van der Waals surface area contributed by atoms with Crippen molar-refractivity contribution < 1.29 is 4.79 Å². The van der Waals surface area contributed by atoms with Crippen LogP contribution in [0.4, 0.5) is 5.69 Å². The molecule has 1 aromatic rings. The molecule has 1 spiro atoms. The fraction of sp³-hybridized carbons (Fsp3) is 0.364. The summed E-state index contributed by atoms with van der Waals surface area (Å²) in [5.74, 6) is 0.685. The molecule has 3 heteroatoms. The third-order valence-corrected chi connectivity index (χ3v) is 4.17. The van der Waals surface area contributed by atoms with Gasteiger partial charge in [-0.25, -0.2) is 3.93 Å². The number of carbonyl (C=O) groups excluding carboxylic acids is 1. The van der Waals surface area contributed by atoms with Crippen molar-refractivity contribution in [2.45, 2.75) is 18.8 Å². The summed E-state index contributed by atoms with van der Waals surface area (Å²) in [7, 11) is 0. The first kappa shape index (κ1) is 8.48. The monoisotopic (exact) mass is 251 g/mol. The van der Waals surface area contributed by atoms with Crippen molar-refractivity contribution in [3.8, 4) is 0 Å². The highest BCUT2D eigenvalue weighted by Crippen LogP contribution is 2.61. The number of halogens is 1. The van der Waals surface area contributed by atoms with Crippen LogP contribution in [0, 0.1) is 5.92 Å². The number of anilines is 1. The van der Waals surface area contributed by atoms with Crippen molar-refractivity contribution in [2.75, 3.05) is 3.93 Å². The zero-order valence-electron chi connectivity index (χ0n) is 7.83. The Morgan fingerprint density at radius 3 is 2.79 bits per heavy atom. The molecule has 0 radical (unpaired) electrons. The molecule has 1 heterocycles. The summed E-state index contributed by atoms with van der Waals surface area (Å²) in [6, 6.07) is 8.03. The van der Waals surface area contributed by atoms with Crippen LogP contribution >= 0.6 is 16.1 Å². The number of amides is 1. The van der Waals surface area contributed by atoms with Crippen molar-refractivity contribution >= 4 is 27.7 Å². The van der Waals surface area contributed by atoms with E-state index in [0.717, 1.165) is 12.1 Å². The molecule has 14 heavy (non-hydrogen) atoms. The molecule has 1 aliphatic carbocycles. The van der Waals surface area contributed by atoms with Gasteiger partial charge in [0.15, 0.2) is 0 Å². The highest BCUT2D eigenvalue weighted by atomic mass is 79.9. The van der Waals surface area contributed by atoms with Gasteiger partial charge in [0.1, 0.15) is 0 Å². The molecule has 0 bridgehead atoms. The Morgan fingerprint density at radius 1 is 1.50 bits per heavy atom. The molecule has 0 aromatic heterocycles. The third kappa shape index (κ3) is 0.753. The SMILES string of the molecule is CC1CC12C(=O)N(Br)c1ccccc12. The summed E-state index contributed by atoms with van der Waals surface area (Å²) in [6.07, 6.45) is 0.991. The number of fused-ring (bicyclic) bond motifs is 2. The lowest BCUT2D eigenvalue weighted by Gasteiger charge is -2.06. The van der Waals surface area contributed by atoms with Crippen molar-refractivity contribution in [2.24, 2.45) is 5.92 Å². The van der Waals surface area contributed by atoms with Gasteiger partial charge in [0.05, 0.1) is 27.2 Å². The minimum Gasteiger partial charge on any atom is -0.273 e. The highest BCUT2D eigenvalue weighted by Gasteiger charge is 2.64. The standard InChI is InChI=1S/C11H10BrNO/c1-7-6-11(7)8-4-2-3-5-9(8)13(12)10(11)14/h2-5,7H,6H2,1H3. The average molecular weight is 252 g/mol. The molecule has 0 saturated heterocycles. The van der Waals surface area contributed by atoms with Crippen LogP contribution < -0.4 is 3.93 Å². The van der Waals surface area contributed by atoms with Crippen molar-refractivity contribution in [3.63, 3.8) is 0 Å². The summed E-state index contributed by atoms with van der Waals surface area (Å²) in [4.78, 5) is 12.0. The van der Waals surface area contributed by atoms with Gasteiger partial charge in [-0.2, -0.15) is 0 Å². The van der Waals surface area contributed by atoms with E-state index in [1.54, 1.807) is 3.93 Å². The van der Waals surface area contributed by atoms with Crippen LogP contribution in [-0.4, -0.2) is 5.91 Å². The summed E-state index contributed by atoms with van der Waals surface area (Å²) >= 11 is 3.33. The molecule has 1 aliphatic heterocycles. The number of hydrogen-bond donors (Lipinski definition) is 0. The predicted octanol–water partition coefficient (Wildman–Crippen LogP) is 2.62. The Morgan fingerprint density at radius 2 is 2.14 bits per heavy atom. The normalized spacial score (nSPS) is 33.7. The van der Waals surface area contributed by atoms with E-state index in [4.69, 9.17) is 0 Å². The smallest absolute Gasteiger partial charge is 0.248 e. The maximum atomic E-state index is 12.0. The van der Waals surface area contributed by atoms with Gasteiger partial charge in [0.25, 0.3) is 0 Å². The minimum absolute atomic E-state index is 0.194. The lowest BCUT2D eigenvalue weighted by molar-refractivity contribution is -0.119. The first-order valence-corrected chi connectivity index (χ1v) is 5.48. The van der Waals surface area contributed by atoms with Gasteiger partial charge < -0.3 is 0 Å². The Kier molecular flexibility index (Phi) is 1.45. The number of benzene rings is 1. The van der Waals surface area contributed by atoms with E-state index in [1.807, 2.05) is 18.2 Å². The Labute approximate surface area is 91.2 Å². The van der Waals surface area contributed by atoms with Gasteiger partial charge in [-0.3, -0.25) is 4.79 Å². The van der Waals surface area contributed by atoms with Gasteiger partial charge in [0, 0.05) is 0 Å². The Bertz CT molecular complexity index is 431. The molecular formula is C11H10BrNO. The van der Waals surface area contributed by atoms with E-state index in [9.17, 15) is 4.79 Å². The predicted molar refractivity (Wildman–Crippen MR) is 58.3 cm³/mol. The molecule has 1 saturated carbocycles. The van der Waals surface area contributed by atoms with Crippen LogP contribution in [0.2, 0.25) is 0 Å². The van der Waals surface area contributed by atoms with Crippen LogP contribution in [0.5, 0.6) is 0 Å². The molecule has 1 amide bonds. The van der Waals surface area contributed by atoms with E-state index in [2.05, 4.69) is 29.1 Å². The molecule has 1 fully saturated rings. The lowest BCUT2D eigenvalue weighted by Crippen LogP contribution is -2.25. The molecule has 0 N–H and O–H groups in total. The molecule has 2 nitrogen and oxygen atoms in total. The van der Waals surface area contributed by atoms with Crippen LogP contribution in [0.15, 0.2) is 24.3 Å². The first-order valence-electron chi connectivity index (χ1n) is 4.78. The minimum atomic E-state index is -0.194. The highest BCUT2D eigenvalue weighted by molar-refractivity contribution is 9.10. The second-order valence-electron chi connectivity index (χ2n) is 4.18. The third-order valence-electron chi connectivity index (χ3n) is 3.47. The number of para-hydroxylation sites is 1. The number of hydrogen-bond acceptors (Lipinski definition) is 1. The summed E-state index contributed by atoms with van der Waals surface area (Å²) in [6.45, 7) is 2.14. The van der Waals surface area contributed by atoms with Crippen LogP contribution in [0.1, 0.15) is 18.9 Å². The fourth-order valence-electron chi connectivity index (χ4n) is 2.52. The zero-order chi connectivity index (χ0) is 9.92. The van der Waals surface area contributed by atoms with E-state index in [1.165, 1.54) is 5.56 Å². The maximum Gasteiger partial charge on any atom is 0.248 e. The van der Waals surface area contributed by atoms with Gasteiger partial charge in [-0.05, 0) is 24.0 Å². The fourth-order valence-corrected chi connectivity index (χ4v) is 3.15. The van der Waals surface area contributed by atoms with E-state index in [0.29, 0.717) is 5.92 Å². The number of carbonyl (C=O) groups is 1. The number of nitrogens with zero attached hydrogens (tertiary/aromatic N) is 1. The van der Waals surface area contributed by atoms with Gasteiger partial charge in [-0.1, -0.05) is 25.1 Å². The zero-order valence-corrected chi connectivity index (χ0v) is 9.41. The Hall–Kier alpha value is -0.830. The molecule has 2 atom stereocenters. The van der Waals surface area contributed by atoms with Crippen molar-refractivity contribution in [1.29, 1.82) is 0 Å². The quantitative estimate of drug-likeness (QED) is 0.650. The topological polar surface area (TPSA) is 20.3 Å². The Balaban J connectivity index is 2.25. The van der Waals surface area contributed by atoms with E-state index < -0.39 is 0 Å². The van der Waals surface area contributed by atoms with E-state index in [-0.39, 0.29) is 11.3 Å². The maximum absolute atomic E-state index is 12.0.